The average Bonchev–Trinajstić information content (AvgIpc) is 2.66. The van der Waals surface area contributed by atoms with Crippen LogP contribution in [0.5, 0.6) is 11.5 Å². The molecule has 3 N–H and O–H groups in total. The lowest BCUT2D eigenvalue weighted by molar-refractivity contribution is -0.138. The summed E-state index contributed by atoms with van der Waals surface area (Å²) >= 11 is 0. The van der Waals surface area contributed by atoms with Gasteiger partial charge < -0.3 is 15.6 Å². The van der Waals surface area contributed by atoms with Gasteiger partial charge >= 0.3 is 5.97 Å². The second-order valence-corrected chi connectivity index (χ2v) is 6.20. The first-order valence-electron chi connectivity index (χ1n) is 8.48. The molecule has 0 bridgehead atoms. The highest BCUT2D eigenvalue weighted by molar-refractivity contribution is 5.73. The zero-order valence-electron chi connectivity index (χ0n) is 14.3. The number of aliphatic carboxylic acids is 1. The van der Waals surface area contributed by atoms with Crippen LogP contribution in [0.15, 0.2) is 78.9 Å². The number of carbonyl (C=O) groups is 1. The Balaban J connectivity index is 1.59. The topological polar surface area (TPSA) is 72.5 Å². The molecule has 132 valence electrons. The van der Waals surface area contributed by atoms with Gasteiger partial charge in [0.1, 0.15) is 17.5 Å². The van der Waals surface area contributed by atoms with Crippen molar-refractivity contribution in [3.8, 4) is 11.5 Å². The number of benzene rings is 3. The molecule has 1 atom stereocenters. The van der Waals surface area contributed by atoms with Crippen LogP contribution in [0.4, 0.5) is 0 Å². The molecule has 0 spiro atoms. The summed E-state index contributed by atoms with van der Waals surface area (Å²) in [6, 6.07) is 24.8. The van der Waals surface area contributed by atoms with E-state index in [1.165, 1.54) is 11.1 Å². The fourth-order valence-electron chi connectivity index (χ4n) is 2.68. The second kappa shape index (κ2) is 8.32. The van der Waals surface area contributed by atoms with E-state index in [4.69, 9.17) is 15.6 Å². The minimum atomic E-state index is -0.999. The molecule has 0 saturated heterocycles. The van der Waals surface area contributed by atoms with Gasteiger partial charge in [-0.05, 0) is 53.8 Å². The van der Waals surface area contributed by atoms with E-state index >= 15 is 0 Å². The Morgan fingerprint density at radius 1 is 0.808 bits per heavy atom. The molecular formula is C22H21NO3. The fraction of sp³-hybridized carbons (Fsp3) is 0.136. The van der Waals surface area contributed by atoms with E-state index in [1.54, 1.807) is 0 Å². The molecule has 3 aromatic rings. The van der Waals surface area contributed by atoms with Crippen molar-refractivity contribution in [1.29, 1.82) is 0 Å². The Kier molecular flexibility index (Phi) is 5.66. The first-order valence-corrected chi connectivity index (χ1v) is 8.48. The Labute approximate surface area is 152 Å². The van der Waals surface area contributed by atoms with Gasteiger partial charge in [0, 0.05) is 0 Å². The van der Waals surface area contributed by atoms with Crippen LogP contribution in [0.1, 0.15) is 16.7 Å². The lowest BCUT2D eigenvalue weighted by atomic mass is 10.1. The highest BCUT2D eigenvalue weighted by Crippen LogP contribution is 2.23. The van der Waals surface area contributed by atoms with Crippen molar-refractivity contribution < 1.29 is 14.6 Å². The van der Waals surface area contributed by atoms with Gasteiger partial charge in [-0.1, -0.05) is 54.6 Å². The van der Waals surface area contributed by atoms with Gasteiger partial charge in [-0.25, -0.2) is 0 Å². The van der Waals surface area contributed by atoms with Crippen molar-refractivity contribution in [2.24, 2.45) is 5.73 Å². The maximum atomic E-state index is 10.8. The molecule has 0 saturated carbocycles. The van der Waals surface area contributed by atoms with Gasteiger partial charge in [0.25, 0.3) is 0 Å². The summed E-state index contributed by atoms with van der Waals surface area (Å²) in [6.07, 6.45) is 1.18. The third-order valence-electron chi connectivity index (χ3n) is 4.11. The Morgan fingerprint density at radius 2 is 1.31 bits per heavy atom. The quantitative estimate of drug-likeness (QED) is 0.677. The van der Waals surface area contributed by atoms with E-state index in [0.29, 0.717) is 12.2 Å². The summed E-state index contributed by atoms with van der Waals surface area (Å²) in [5.74, 6) is 0.464. The minimum Gasteiger partial charge on any atom is -0.480 e. The van der Waals surface area contributed by atoms with Gasteiger partial charge in [0.15, 0.2) is 0 Å². The predicted molar refractivity (Wildman–Crippen MR) is 102 cm³/mol. The number of rotatable bonds is 7. The van der Waals surface area contributed by atoms with Crippen LogP contribution in [-0.2, 0) is 17.6 Å². The van der Waals surface area contributed by atoms with E-state index in [-0.39, 0.29) is 0 Å². The van der Waals surface area contributed by atoms with Gasteiger partial charge in [-0.3, -0.25) is 4.79 Å². The van der Waals surface area contributed by atoms with Crippen LogP contribution in [0, 0.1) is 0 Å². The number of ether oxygens (including phenoxy) is 1. The maximum Gasteiger partial charge on any atom is 0.320 e. The molecule has 0 heterocycles. The van der Waals surface area contributed by atoms with Crippen molar-refractivity contribution in [3.63, 3.8) is 0 Å². The molecule has 4 nitrogen and oxygen atoms in total. The fourth-order valence-corrected chi connectivity index (χ4v) is 2.68. The second-order valence-electron chi connectivity index (χ2n) is 6.20. The largest absolute Gasteiger partial charge is 0.480 e. The van der Waals surface area contributed by atoms with Crippen molar-refractivity contribution in [2.45, 2.75) is 18.9 Å². The Morgan fingerprint density at radius 3 is 1.85 bits per heavy atom. The summed E-state index contributed by atoms with van der Waals surface area (Å²) in [5.41, 5.74) is 8.91. The van der Waals surface area contributed by atoms with Crippen LogP contribution in [0.25, 0.3) is 0 Å². The van der Waals surface area contributed by atoms with Crippen LogP contribution < -0.4 is 10.5 Å². The summed E-state index contributed by atoms with van der Waals surface area (Å²) in [6.45, 7) is 0. The summed E-state index contributed by atoms with van der Waals surface area (Å²) in [5, 5.41) is 8.86. The highest BCUT2D eigenvalue weighted by atomic mass is 16.5. The number of hydrogen-bond donors (Lipinski definition) is 2. The molecule has 0 aliphatic heterocycles. The summed E-state index contributed by atoms with van der Waals surface area (Å²) in [7, 11) is 0. The molecule has 0 aliphatic rings. The molecule has 0 radical (unpaired) electrons. The normalized spacial score (nSPS) is 11.7. The summed E-state index contributed by atoms with van der Waals surface area (Å²) in [4.78, 5) is 10.8. The van der Waals surface area contributed by atoms with Crippen molar-refractivity contribution >= 4 is 5.97 Å². The van der Waals surface area contributed by atoms with Gasteiger partial charge in [-0.15, -0.1) is 0 Å². The molecule has 0 aliphatic carbocycles. The first kappa shape index (κ1) is 17.7. The van der Waals surface area contributed by atoms with E-state index < -0.39 is 12.0 Å². The van der Waals surface area contributed by atoms with Crippen LogP contribution >= 0.6 is 0 Å². The van der Waals surface area contributed by atoms with E-state index in [9.17, 15) is 4.79 Å². The molecule has 4 heteroatoms. The smallest absolute Gasteiger partial charge is 0.320 e. The van der Waals surface area contributed by atoms with Gasteiger partial charge in [0.2, 0.25) is 0 Å². The lowest BCUT2D eigenvalue weighted by Crippen LogP contribution is -2.32. The molecule has 3 aromatic carbocycles. The lowest BCUT2D eigenvalue weighted by Gasteiger charge is -2.09. The molecule has 1 unspecified atom stereocenters. The standard InChI is InChI=1S/C22H21NO3/c23-21(22(24)25)15-18-8-12-20(13-9-18)26-19-10-6-17(7-11-19)14-16-4-2-1-3-5-16/h1-13,21H,14-15,23H2,(H,24,25). The number of nitrogens with two attached hydrogens (primary N) is 1. The van der Waals surface area contributed by atoms with Gasteiger partial charge in [0.05, 0.1) is 0 Å². The molecule has 0 fully saturated rings. The predicted octanol–water partition coefficient (Wildman–Crippen LogP) is 4.02. The van der Waals surface area contributed by atoms with Crippen molar-refractivity contribution in [3.05, 3.63) is 95.6 Å². The molecule has 0 amide bonds. The molecule has 26 heavy (non-hydrogen) atoms. The SMILES string of the molecule is NC(Cc1ccc(Oc2ccc(Cc3ccccc3)cc2)cc1)C(=O)O. The highest BCUT2D eigenvalue weighted by Gasteiger charge is 2.11. The van der Waals surface area contributed by atoms with E-state index in [0.717, 1.165) is 17.7 Å². The number of carboxylic acids is 1. The molecular weight excluding hydrogens is 326 g/mol. The monoisotopic (exact) mass is 347 g/mol. The maximum absolute atomic E-state index is 10.8. The average molecular weight is 347 g/mol. The molecule has 3 rings (SSSR count). The van der Waals surface area contributed by atoms with Crippen molar-refractivity contribution in [2.75, 3.05) is 0 Å². The van der Waals surface area contributed by atoms with Crippen LogP contribution in [0.3, 0.4) is 0 Å². The van der Waals surface area contributed by atoms with E-state index in [1.807, 2.05) is 54.6 Å². The Bertz CT molecular complexity index is 843. The third-order valence-corrected chi connectivity index (χ3v) is 4.11. The zero-order valence-corrected chi connectivity index (χ0v) is 14.3. The molecule has 0 aromatic heterocycles. The number of hydrogen-bond acceptors (Lipinski definition) is 3. The van der Waals surface area contributed by atoms with Crippen LogP contribution in [-0.4, -0.2) is 17.1 Å². The van der Waals surface area contributed by atoms with Crippen molar-refractivity contribution in [1.82, 2.24) is 0 Å². The third kappa shape index (κ3) is 4.94. The summed E-state index contributed by atoms with van der Waals surface area (Å²) < 4.78 is 5.84. The Hall–Kier alpha value is -3.11. The zero-order chi connectivity index (χ0) is 18.4. The van der Waals surface area contributed by atoms with Gasteiger partial charge in [-0.2, -0.15) is 0 Å². The number of carboxylic acid groups (broad SMARTS) is 1. The van der Waals surface area contributed by atoms with Crippen LogP contribution in [0.2, 0.25) is 0 Å². The first-order chi connectivity index (χ1) is 12.6. The van der Waals surface area contributed by atoms with E-state index in [2.05, 4.69) is 24.3 Å². The minimum absolute atomic E-state index is 0.295.